The van der Waals surface area contributed by atoms with Crippen molar-refractivity contribution in [2.75, 3.05) is 42.9 Å². The van der Waals surface area contributed by atoms with E-state index in [0.717, 1.165) is 61.6 Å². The van der Waals surface area contributed by atoms with Crippen molar-refractivity contribution in [3.8, 4) is 0 Å². The zero-order valence-corrected chi connectivity index (χ0v) is 20.8. The maximum Gasteiger partial charge on any atom is 0.319 e. The minimum absolute atomic E-state index is 0.189. The smallest absolute Gasteiger partial charge is 0.319 e. The van der Waals surface area contributed by atoms with Gasteiger partial charge in [-0.2, -0.15) is 0 Å². The quantitative estimate of drug-likeness (QED) is 0.381. The SMILES string of the molecule is Cc1ccc2c(N3CCN(CCc4cccc(NC(=O)NCc5ccccc5)c4)CC3)cccc2n1. The van der Waals surface area contributed by atoms with Gasteiger partial charge in [-0.05, 0) is 60.9 Å². The molecule has 3 aromatic carbocycles. The van der Waals surface area contributed by atoms with Crippen molar-refractivity contribution in [2.24, 2.45) is 0 Å². The highest BCUT2D eigenvalue weighted by Crippen LogP contribution is 2.27. The van der Waals surface area contributed by atoms with E-state index in [1.165, 1.54) is 16.6 Å². The van der Waals surface area contributed by atoms with Gasteiger partial charge in [0.1, 0.15) is 0 Å². The highest BCUT2D eigenvalue weighted by Gasteiger charge is 2.18. The number of piperazine rings is 1. The van der Waals surface area contributed by atoms with Crippen LogP contribution in [-0.2, 0) is 13.0 Å². The van der Waals surface area contributed by atoms with Crippen LogP contribution < -0.4 is 15.5 Å². The fraction of sp³-hybridized carbons (Fsp3) is 0.267. The molecule has 6 nitrogen and oxygen atoms in total. The standard InChI is InChI=1S/C30H33N5O/c1-23-13-14-27-28(32-23)11-6-12-29(27)35-19-17-34(18-20-35)16-15-24-9-5-10-26(21-24)33-30(36)31-22-25-7-3-2-4-8-25/h2-14,21H,15-20,22H2,1H3,(H2,31,33,36). The topological polar surface area (TPSA) is 60.5 Å². The fourth-order valence-corrected chi connectivity index (χ4v) is 4.77. The van der Waals surface area contributed by atoms with E-state index in [2.05, 4.69) is 62.9 Å². The van der Waals surface area contributed by atoms with Gasteiger partial charge in [0.2, 0.25) is 0 Å². The molecule has 1 saturated heterocycles. The predicted molar refractivity (Wildman–Crippen MR) is 148 cm³/mol. The van der Waals surface area contributed by atoms with Crippen LogP contribution >= 0.6 is 0 Å². The van der Waals surface area contributed by atoms with Crippen molar-refractivity contribution >= 4 is 28.3 Å². The number of anilines is 2. The Morgan fingerprint density at radius 1 is 0.861 bits per heavy atom. The molecule has 1 aliphatic rings. The number of carbonyl (C=O) groups is 1. The van der Waals surface area contributed by atoms with E-state index in [9.17, 15) is 4.79 Å². The summed E-state index contributed by atoms with van der Waals surface area (Å²) >= 11 is 0. The van der Waals surface area contributed by atoms with Crippen LogP contribution in [-0.4, -0.2) is 48.6 Å². The summed E-state index contributed by atoms with van der Waals surface area (Å²) in [5.41, 5.74) is 6.53. The number of pyridine rings is 1. The van der Waals surface area contributed by atoms with Gasteiger partial charge >= 0.3 is 6.03 Å². The van der Waals surface area contributed by atoms with Crippen LogP contribution in [0.1, 0.15) is 16.8 Å². The largest absolute Gasteiger partial charge is 0.368 e. The van der Waals surface area contributed by atoms with Crippen LogP contribution in [0.2, 0.25) is 0 Å². The minimum Gasteiger partial charge on any atom is -0.368 e. The lowest BCUT2D eigenvalue weighted by molar-refractivity contribution is 0.251. The molecule has 1 aromatic heterocycles. The van der Waals surface area contributed by atoms with Gasteiger partial charge in [-0.25, -0.2) is 4.79 Å². The number of hydrogen-bond acceptors (Lipinski definition) is 4. The van der Waals surface area contributed by atoms with Gasteiger partial charge in [-0.3, -0.25) is 9.88 Å². The van der Waals surface area contributed by atoms with Crippen LogP contribution in [0.5, 0.6) is 0 Å². The molecule has 1 fully saturated rings. The second kappa shape index (κ2) is 11.2. The molecule has 0 unspecified atom stereocenters. The monoisotopic (exact) mass is 479 g/mol. The minimum atomic E-state index is -0.189. The number of benzene rings is 3. The van der Waals surface area contributed by atoms with E-state index in [1.807, 2.05) is 49.4 Å². The average molecular weight is 480 g/mol. The lowest BCUT2D eigenvalue weighted by Crippen LogP contribution is -2.47. The fourth-order valence-electron chi connectivity index (χ4n) is 4.77. The van der Waals surface area contributed by atoms with Crippen LogP contribution in [0.25, 0.3) is 10.9 Å². The van der Waals surface area contributed by atoms with Crippen molar-refractivity contribution in [2.45, 2.75) is 19.9 Å². The van der Waals surface area contributed by atoms with Gasteiger partial charge in [-0.1, -0.05) is 48.5 Å². The van der Waals surface area contributed by atoms with Crippen molar-refractivity contribution in [1.29, 1.82) is 0 Å². The molecule has 1 aliphatic heterocycles. The summed E-state index contributed by atoms with van der Waals surface area (Å²) in [5.74, 6) is 0. The van der Waals surface area contributed by atoms with Crippen LogP contribution in [0.15, 0.2) is 84.9 Å². The molecule has 5 rings (SSSR count). The summed E-state index contributed by atoms with van der Waals surface area (Å²) in [4.78, 5) is 22.0. The Balaban J connectivity index is 1.10. The van der Waals surface area contributed by atoms with E-state index in [4.69, 9.17) is 4.98 Å². The molecule has 0 spiro atoms. The predicted octanol–water partition coefficient (Wildman–Crippen LogP) is 5.23. The number of urea groups is 1. The summed E-state index contributed by atoms with van der Waals surface area (Å²) in [5, 5.41) is 7.10. The molecule has 2 heterocycles. The van der Waals surface area contributed by atoms with E-state index in [1.54, 1.807) is 0 Å². The Bertz CT molecular complexity index is 1320. The summed E-state index contributed by atoms with van der Waals surface area (Å²) in [6.45, 7) is 7.65. The highest BCUT2D eigenvalue weighted by molar-refractivity contribution is 5.92. The maximum atomic E-state index is 12.3. The first kappa shape index (κ1) is 23.8. The lowest BCUT2D eigenvalue weighted by Gasteiger charge is -2.36. The lowest BCUT2D eigenvalue weighted by atomic mass is 10.1. The highest BCUT2D eigenvalue weighted by atomic mass is 16.2. The number of fused-ring (bicyclic) bond motifs is 1. The molecule has 0 saturated carbocycles. The number of hydrogen-bond donors (Lipinski definition) is 2. The molecule has 4 aromatic rings. The number of carbonyl (C=O) groups excluding carboxylic acids is 1. The molecule has 184 valence electrons. The molecule has 6 heteroatoms. The number of nitrogens with one attached hydrogen (secondary N) is 2. The number of aryl methyl sites for hydroxylation is 1. The summed E-state index contributed by atoms with van der Waals surface area (Å²) in [7, 11) is 0. The molecule has 0 atom stereocenters. The number of rotatable bonds is 7. The Hall–Kier alpha value is -3.90. The first-order valence-corrected chi connectivity index (χ1v) is 12.7. The molecule has 0 aliphatic carbocycles. The maximum absolute atomic E-state index is 12.3. The van der Waals surface area contributed by atoms with E-state index in [-0.39, 0.29) is 6.03 Å². The molecular formula is C30H33N5O. The summed E-state index contributed by atoms with van der Waals surface area (Å²) in [6, 6.07) is 28.6. The van der Waals surface area contributed by atoms with E-state index >= 15 is 0 Å². The third kappa shape index (κ3) is 6.01. The molecule has 2 N–H and O–H groups in total. The van der Waals surface area contributed by atoms with E-state index < -0.39 is 0 Å². The number of nitrogens with zero attached hydrogens (tertiary/aromatic N) is 3. The Morgan fingerprint density at radius 2 is 1.64 bits per heavy atom. The van der Waals surface area contributed by atoms with Crippen LogP contribution in [0.3, 0.4) is 0 Å². The first-order chi connectivity index (χ1) is 17.6. The molecule has 2 amide bonds. The van der Waals surface area contributed by atoms with Crippen LogP contribution in [0, 0.1) is 6.92 Å². The third-order valence-corrected chi connectivity index (χ3v) is 6.76. The molecule has 0 radical (unpaired) electrons. The first-order valence-electron chi connectivity index (χ1n) is 12.7. The van der Waals surface area contributed by atoms with Crippen molar-refractivity contribution in [1.82, 2.24) is 15.2 Å². The van der Waals surface area contributed by atoms with Gasteiger partial charge in [0.25, 0.3) is 0 Å². The molecular weight excluding hydrogens is 446 g/mol. The summed E-state index contributed by atoms with van der Waals surface area (Å²) < 4.78 is 0. The molecule has 0 bridgehead atoms. The second-order valence-electron chi connectivity index (χ2n) is 9.37. The summed E-state index contributed by atoms with van der Waals surface area (Å²) in [6.07, 6.45) is 0.957. The number of aromatic nitrogens is 1. The third-order valence-electron chi connectivity index (χ3n) is 6.76. The average Bonchev–Trinajstić information content (AvgIpc) is 2.91. The second-order valence-corrected chi connectivity index (χ2v) is 9.37. The van der Waals surface area contributed by atoms with Gasteiger partial charge in [0.15, 0.2) is 0 Å². The zero-order valence-electron chi connectivity index (χ0n) is 20.8. The van der Waals surface area contributed by atoms with Crippen molar-refractivity contribution in [3.05, 3.63) is 102 Å². The van der Waals surface area contributed by atoms with Crippen molar-refractivity contribution < 1.29 is 4.79 Å². The Labute approximate surface area is 213 Å². The Morgan fingerprint density at radius 3 is 2.47 bits per heavy atom. The van der Waals surface area contributed by atoms with Gasteiger partial charge in [0.05, 0.1) is 5.52 Å². The van der Waals surface area contributed by atoms with Gasteiger partial charge in [-0.15, -0.1) is 0 Å². The van der Waals surface area contributed by atoms with Gasteiger partial charge in [0, 0.05) is 61.7 Å². The molecule has 36 heavy (non-hydrogen) atoms. The van der Waals surface area contributed by atoms with Gasteiger partial charge < -0.3 is 15.5 Å². The zero-order chi connectivity index (χ0) is 24.7. The Kier molecular flexibility index (Phi) is 7.43. The van der Waals surface area contributed by atoms with E-state index in [0.29, 0.717) is 6.54 Å². The normalized spacial score (nSPS) is 14.1. The number of amides is 2. The van der Waals surface area contributed by atoms with Crippen molar-refractivity contribution in [3.63, 3.8) is 0 Å². The van der Waals surface area contributed by atoms with Crippen LogP contribution in [0.4, 0.5) is 16.2 Å².